The van der Waals surface area contributed by atoms with E-state index < -0.39 is 0 Å². The molecule has 3 aromatic rings. The smallest absolute Gasteiger partial charge is 0.251 e. The van der Waals surface area contributed by atoms with Gasteiger partial charge in [0.25, 0.3) is 5.91 Å². The van der Waals surface area contributed by atoms with E-state index in [1.54, 1.807) is 31.4 Å². The van der Waals surface area contributed by atoms with Crippen molar-refractivity contribution in [2.45, 2.75) is 24.8 Å². The van der Waals surface area contributed by atoms with E-state index in [-0.39, 0.29) is 23.8 Å². The summed E-state index contributed by atoms with van der Waals surface area (Å²) in [7, 11) is 1.60. The topological polar surface area (TPSA) is 58.6 Å². The normalized spacial score (nSPS) is 14.2. The summed E-state index contributed by atoms with van der Waals surface area (Å²) < 4.78 is 5.15. The van der Waals surface area contributed by atoms with Crippen LogP contribution < -0.4 is 10.1 Å². The van der Waals surface area contributed by atoms with E-state index in [1.807, 2.05) is 65.6 Å². The van der Waals surface area contributed by atoms with Gasteiger partial charge in [-0.15, -0.1) is 0 Å². The monoisotopic (exact) mass is 428 g/mol. The summed E-state index contributed by atoms with van der Waals surface area (Å²) in [6.07, 6.45) is 1.48. The molecule has 1 fully saturated rings. The van der Waals surface area contributed by atoms with Gasteiger partial charge in [-0.1, -0.05) is 60.7 Å². The average molecular weight is 429 g/mol. The Morgan fingerprint density at radius 1 is 0.844 bits per heavy atom. The third-order valence-corrected chi connectivity index (χ3v) is 6.01. The quantitative estimate of drug-likeness (QED) is 0.639. The van der Waals surface area contributed by atoms with Crippen molar-refractivity contribution >= 4 is 11.8 Å². The lowest BCUT2D eigenvalue weighted by Gasteiger charge is -2.35. The van der Waals surface area contributed by atoms with Gasteiger partial charge in [-0.25, -0.2) is 0 Å². The number of benzene rings is 3. The Labute approximate surface area is 189 Å². The van der Waals surface area contributed by atoms with Gasteiger partial charge in [0.2, 0.25) is 5.91 Å². The SMILES string of the molecule is COc1ccc(C(=O)NC2CCN(C(=O)C(c3ccccc3)c3ccccc3)CC2)cc1. The molecule has 1 aliphatic heterocycles. The first kappa shape index (κ1) is 21.6. The van der Waals surface area contributed by atoms with Gasteiger partial charge < -0.3 is 15.0 Å². The van der Waals surface area contributed by atoms with Crippen LogP contribution in [-0.2, 0) is 4.79 Å². The van der Waals surface area contributed by atoms with E-state index in [2.05, 4.69) is 5.32 Å². The van der Waals surface area contributed by atoms with Crippen LogP contribution in [0.25, 0.3) is 0 Å². The molecule has 0 spiro atoms. The first-order valence-corrected chi connectivity index (χ1v) is 11.0. The van der Waals surface area contributed by atoms with Crippen molar-refractivity contribution in [3.05, 3.63) is 102 Å². The Bertz CT molecular complexity index is 988. The highest BCUT2D eigenvalue weighted by Gasteiger charge is 2.30. The number of likely N-dealkylation sites (tertiary alicyclic amines) is 1. The van der Waals surface area contributed by atoms with Gasteiger partial charge in [0.1, 0.15) is 5.75 Å². The van der Waals surface area contributed by atoms with Gasteiger partial charge in [-0.2, -0.15) is 0 Å². The van der Waals surface area contributed by atoms with Crippen LogP contribution in [0, 0.1) is 0 Å². The predicted molar refractivity (Wildman–Crippen MR) is 125 cm³/mol. The van der Waals surface area contributed by atoms with E-state index in [0.29, 0.717) is 18.7 Å². The molecule has 0 aromatic heterocycles. The molecule has 1 saturated heterocycles. The molecule has 5 nitrogen and oxygen atoms in total. The van der Waals surface area contributed by atoms with Crippen molar-refractivity contribution in [2.24, 2.45) is 0 Å². The predicted octanol–water partition coefficient (Wildman–Crippen LogP) is 4.25. The minimum Gasteiger partial charge on any atom is -0.497 e. The van der Waals surface area contributed by atoms with Crippen molar-refractivity contribution < 1.29 is 14.3 Å². The number of ether oxygens (including phenoxy) is 1. The highest BCUT2D eigenvalue weighted by molar-refractivity contribution is 5.94. The van der Waals surface area contributed by atoms with Gasteiger partial charge in [0.05, 0.1) is 13.0 Å². The number of carbonyl (C=O) groups is 2. The molecule has 32 heavy (non-hydrogen) atoms. The van der Waals surface area contributed by atoms with E-state index in [1.165, 1.54) is 0 Å². The minimum atomic E-state index is -0.317. The lowest BCUT2D eigenvalue weighted by molar-refractivity contribution is -0.132. The van der Waals surface area contributed by atoms with E-state index >= 15 is 0 Å². The highest BCUT2D eigenvalue weighted by atomic mass is 16.5. The van der Waals surface area contributed by atoms with Crippen molar-refractivity contribution in [1.82, 2.24) is 10.2 Å². The van der Waals surface area contributed by atoms with Crippen LogP contribution in [0.4, 0.5) is 0 Å². The molecule has 5 heteroatoms. The number of rotatable bonds is 6. The van der Waals surface area contributed by atoms with Crippen molar-refractivity contribution in [1.29, 1.82) is 0 Å². The van der Waals surface area contributed by atoms with Crippen LogP contribution in [0.3, 0.4) is 0 Å². The number of amides is 2. The van der Waals surface area contributed by atoms with Crippen LogP contribution >= 0.6 is 0 Å². The molecule has 1 N–H and O–H groups in total. The van der Waals surface area contributed by atoms with Crippen molar-refractivity contribution in [3.63, 3.8) is 0 Å². The molecular weight excluding hydrogens is 400 g/mol. The molecule has 0 bridgehead atoms. The van der Waals surface area contributed by atoms with Gasteiger partial charge in [-0.3, -0.25) is 9.59 Å². The number of nitrogens with zero attached hydrogens (tertiary/aromatic N) is 1. The zero-order chi connectivity index (χ0) is 22.3. The highest BCUT2D eigenvalue weighted by Crippen LogP contribution is 2.28. The number of carbonyl (C=O) groups excluding carboxylic acids is 2. The minimum absolute atomic E-state index is 0.0561. The molecule has 3 aromatic carbocycles. The van der Waals surface area contributed by atoms with Crippen molar-refractivity contribution in [3.8, 4) is 5.75 Å². The average Bonchev–Trinajstić information content (AvgIpc) is 2.86. The maximum absolute atomic E-state index is 13.5. The number of piperidine rings is 1. The molecule has 1 heterocycles. The van der Waals surface area contributed by atoms with Crippen LogP contribution in [0.2, 0.25) is 0 Å². The summed E-state index contributed by atoms with van der Waals surface area (Å²) in [4.78, 5) is 28.0. The van der Waals surface area contributed by atoms with Crippen molar-refractivity contribution in [2.75, 3.05) is 20.2 Å². The third-order valence-electron chi connectivity index (χ3n) is 6.01. The van der Waals surface area contributed by atoms with Gasteiger partial charge >= 0.3 is 0 Å². The number of hydrogen-bond acceptors (Lipinski definition) is 3. The van der Waals surface area contributed by atoms with E-state index in [4.69, 9.17) is 4.74 Å². The largest absolute Gasteiger partial charge is 0.497 e. The van der Waals surface area contributed by atoms with E-state index in [0.717, 1.165) is 29.7 Å². The molecular formula is C27H28N2O3. The lowest BCUT2D eigenvalue weighted by Crippen LogP contribution is -2.47. The molecule has 4 rings (SSSR count). The fourth-order valence-electron chi connectivity index (χ4n) is 4.21. The Balaban J connectivity index is 1.40. The summed E-state index contributed by atoms with van der Waals surface area (Å²) in [5.74, 6) is 0.425. The standard InChI is InChI=1S/C27H28N2O3/c1-32-24-14-12-22(13-15-24)26(30)28-23-16-18-29(19-17-23)27(31)25(20-8-4-2-5-9-20)21-10-6-3-7-11-21/h2-15,23,25H,16-19H2,1H3,(H,28,30). The maximum Gasteiger partial charge on any atom is 0.251 e. The summed E-state index contributed by atoms with van der Waals surface area (Å²) in [5.41, 5.74) is 2.61. The first-order chi connectivity index (χ1) is 15.7. The molecule has 0 atom stereocenters. The Morgan fingerprint density at radius 2 is 1.38 bits per heavy atom. The van der Waals surface area contributed by atoms with Crippen LogP contribution in [-0.4, -0.2) is 43.0 Å². The second kappa shape index (κ2) is 10.1. The Kier molecular flexibility index (Phi) is 6.85. The summed E-state index contributed by atoms with van der Waals surface area (Å²) >= 11 is 0. The molecule has 0 radical (unpaired) electrons. The fourth-order valence-corrected chi connectivity index (χ4v) is 4.21. The molecule has 0 saturated carbocycles. The zero-order valence-corrected chi connectivity index (χ0v) is 18.2. The van der Waals surface area contributed by atoms with Crippen LogP contribution in [0.1, 0.15) is 40.2 Å². The number of methoxy groups -OCH3 is 1. The van der Waals surface area contributed by atoms with Gasteiger partial charge in [0, 0.05) is 24.7 Å². The Hall–Kier alpha value is -3.60. The molecule has 0 aliphatic carbocycles. The zero-order valence-electron chi connectivity index (χ0n) is 18.2. The van der Waals surface area contributed by atoms with Gasteiger partial charge in [-0.05, 0) is 48.2 Å². The molecule has 1 aliphatic rings. The second-order valence-corrected chi connectivity index (χ2v) is 8.06. The molecule has 2 amide bonds. The lowest BCUT2D eigenvalue weighted by atomic mass is 9.89. The summed E-state index contributed by atoms with van der Waals surface area (Å²) in [5, 5.41) is 3.11. The summed E-state index contributed by atoms with van der Waals surface area (Å²) in [6.45, 7) is 1.26. The van der Waals surface area contributed by atoms with Crippen LogP contribution in [0.5, 0.6) is 5.75 Å². The third kappa shape index (κ3) is 4.99. The second-order valence-electron chi connectivity index (χ2n) is 8.06. The number of nitrogens with one attached hydrogen (secondary N) is 1. The fraction of sp³-hybridized carbons (Fsp3) is 0.259. The summed E-state index contributed by atoms with van der Waals surface area (Å²) in [6, 6.07) is 27.0. The van der Waals surface area contributed by atoms with E-state index in [9.17, 15) is 9.59 Å². The number of hydrogen-bond donors (Lipinski definition) is 1. The van der Waals surface area contributed by atoms with Gasteiger partial charge in [0.15, 0.2) is 0 Å². The first-order valence-electron chi connectivity index (χ1n) is 11.0. The molecule has 164 valence electrons. The van der Waals surface area contributed by atoms with Crippen LogP contribution in [0.15, 0.2) is 84.9 Å². The molecule has 0 unspecified atom stereocenters. The Morgan fingerprint density at radius 3 is 1.88 bits per heavy atom. The maximum atomic E-state index is 13.5.